The van der Waals surface area contributed by atoms with E-state index in [1.165, 1.54) is 6.33 Å². The number of nitrogens with zero attached hydrogens (tertiary/aromatic N) is 3. The fourth-order valence-electron chi connectivity index (χ4n) is 2.18. The fourth-order valence-corrected chi connectivity index (χ4v) is 2.18. The smallest absolute Gasteiger partial charge is 0.138 e. The van der Waals surface area contributed by atoms with E-state index in [0.29, 0.717) is 6.42 Å². The molecule has 108 valence electrons. The highest BCUT2D eigenvalue weighted by Crippen LogP contribution is 2.26. The topological polar surface area (TPSA) is 60.2 Å². The van der Waals surface area contributed by atoms with Crippen molar-refractivity contribution in [3.05, 3.63) is 42.0 Å². The lowest BCUT2D eigenvalue weighted by atomic mass is 9.92. The van der Waals surface area contributed by atoms with Crippen LogP contribution in [0.1, 0.15) is 31.7 Å². The highest BCUT2D eigenvalue weighted by Gasteiger charge is 2.26. The molecule has 0 spiro atoms. The first-order valence-electron chi connectivity index (χ1n) is 6.80. The molecule has 0 fully saturated rings. The van der Waals surface area contributed by atoms with Crippen LogP contribution in [0.3, 0.4) is 0 Å². The van der Waals surface area contributed by atoms with Crippen molar-refractivity contribution in [2.45, 2.75) is 38.8 Å². The van der Waals surface area contributed by atoms with Crippen LogP contribution in [-0.2, 0) is 18.6 Å². The summed E-state index contributed by atoms with van der Waals surface area (Å²) in [7, 11) is 1.63. The maximum atomic E-state index is 10.7. The standard InChI is InChI=1S/C15H21N3O2/c1-4-9-18-14(16-11-17-18)10-15(2,19)12-5-7-13(20-3)8-6-12/h5-8,11,19H,4,9-10H2,1-3H3. The molecule has 0 amide bonds. The second-order valence-electron chi connectivity index (χ2n) is 5.08. The van der Waals surface area contributed by atoms with Crippen LogP contribution in [0.5, 0.6) is 5.75 Å². The molecule has 0 aliphatic carbocycles. The molecule has 0 saturated carbocycles. The van der Waals surface area contributed by atoms with Gasteiger partial charge in [0, 0.05) is 13.0 Å². The van der Waals surface area contributed by atoms with Crippen LogP contribution >= 0.6 is 0 Å². The summed E-state index contributed by atoms with van der Waals surface area (Å²) < 4.78 is 6.98. The van der Waals surface area contributed by atoms with E-state index in [9.17, 15) is 5.11 Å². The summed E-state index contributed by atoms with van der Waals surface area (Å²) in [4.78, 5) is 4.25. The summed E-state index contributed by atoms with van der Waals surface area (Å²) in [6, 6.07) is 7.44. The molecule has 0 bridgehead atoms. The first-order valence-corrected chi connectivity index (χ1v) is 6.80. The van der Waals surface area contributed by atoms with Gasteiger partial charge in [-0.25, -0.2) is 9.67 Å². The molecule has 0 aliphatic heterocycles. The molecule has 1 atom stereocenters. The second-order valence-corrected chi connectivity index (χ2v) is 5.08. The van der Waals surface area contributed by atoms with Crippen molar-refractivity contribution >= 4 is 0 Å². The molecular formula is C15H21N3O2. The molecular weight excluding hydrogens is 254 g/mol. The molecule has 1 heterocycles. The molecule has 1 N–H and O–H groups in total. The van der Waals surface area contributed by atoms with Gasteiger partial charge in [0.15, 0.2) is 0 Å². The molecule has 2 rings (SSSR count). The van der Waals surface area contributed by atoms with Gasteiger partial charge in [-0.1, -0.05) is 19.1 Å². The predicted molar refractivity (Wildman–Crippen MR) is 76.6 cm³/mol. The molecule has 5 nitrogen and oxygen atoms in total. The number of aryl methyl sites for hydroxylation is 1. The van der Waals surface area contributed by atoms with Crippen molar-refractivity contribution in [1.29, 1.82) is 0 Å². The Morgan fingerprint density at radius 2 is 2.00 bits per heavy atom. The first kappa shape index (κ1) is 14.5. The molecule has 1 unspecified atom stereocenters. The third-order valence-electron chi connectivity index (χ3n) is 3.35. The number of benzene rings is 1. The van der Waals surface area contributed by atoms with E-state index in [2.05, 4.69) is 17.0 Å². The normalized spacial score (nSPS) is 14.0. The van der Waals surface area contributed by atoms with Crippen molar-refractivity contribution < 1.29 is 9.84 Å². The summed E-state index contributed by atoms with van der Waals surface area (Å²) in [5.74, 6) is 1.58. The van der Waals surface area contributed by atoms with Gasteiger partial charge in [-0.05, 0) is 31.0 Å². The van der Waals surface area contributed by atoms with Crippen molar-refractivity contribution in [2.75, 3.05) is 7.11 Å². The van der Waals surface area contributed by atoms with E-state index >= 15 is 0 Å². The Kier molecular flexibility index (Phi) is 4.39. The first-order chi connectivity index (χ1) is 9.56. The van der Waals surface area contributed by atoms with Crippen molar-refractivity contribution in [1.82, 2.24) is 14.8 Å². The summed E-state index contributed by atoms with van der Waals surface area (Å²) in [6.45, 7) is 4.70. The van der Waals surface area contributed by atoms with Crippen LogP contribution in [0.2, 0.25) is 0 Å². The summed E-state index contributed by atoms with van der Waals surface area (Å²) in [6.07, 6.45) is 2.95. The van der Waals surface area contributed by atoms with E-state index in [1.807, 2.05) is 28.9 Å². The summed E-state index contributed by atoms with van der Waals surface area (Å²) in [5, 5.41) is 14.9. The van der Waals surface area contributed by atoms with Crippen LogP contribution in [0, 0.1) is 0 Å². The highest BCUT2D eigenvalue weighted by atomic mass is 16.5. The summed E-state index contributed by atoms with van der Waals surface area (Å²) >= 11 is 0. The number of ether oxygens (including phenoxy) is 1. The zero-order chi connectivity index (χ0) is 14.6. The van der Waals surface area contributed by atoms with Gasteiger partial charge in [0.05, 0.1) is 12.7 Å². The van der Waals surface area contributed by atoms with Crippen molar-refractivity contribution in [3.8, 4) is 5.75 Å². The van der Waals surface area contributed by atoms with Crippen LogP contribution < -0.4 is 4.74 Å². The van der Waals surface area contributed by atoms with E-state index in [4.69, 9.17) is 4.74 Å². The monoisotopic (exact) mass is 275 g/mol. The number of aromatic nitrogens is 3. The Bertz CT molecular complexity index is 547. The van der Waals surface area contributed by atoms with E-state index in [0.717, 1.165) is 30.1 Å². The van der Waals surface area contributed by atoms with Crippen LogP contribution in [0.4, 0.5) is 0 Å². The fraction of sp³-hybridized carbons (Fsp3) is 0.467. The Hall–Kier alpha value is -1.88. The molecule has 0 radical (unpaired) electrons. The lowest BCUT2D eigenvalue weighted by Crippen LogP contribution is -2.26. The average molecular weight is 275 g/mol. The third-order valence-corrected chi connectivity index (χ3v) is 3.35. The summed E-state index contributed by atoms with van der Waals surface area (Å²) in [5.41, 5.74) is -0.144. The van der Waals surface area contributed by atoms with E-state index < -0.39 is 5.60 Å². The number of methoxy groups -OCH3 is 1. The molecule has 0 aliphatic rings. The third kappa shape index (κ3) is 3.17. The highest BCUT2D eigenvalue weighted by molar-refractivity contribution is 5.31. The van der Waals surface area contributed by atoms with Gasteiger partial charge < -0.3 is 9.84 Å². The van der Waals surface area contributed by atoms with Gasteiger partial charge in [0.1, 0.15) is 17.9 Å². The minimum absolute atomic E-state index is 0.430. The van der Waals surface area contributed by atoms with Gasteiger partial charge in [0.2, 0.25) is 0 Å². The molecule has 1 aromatic carbocycles. The number of hydrogen-bond donors (Lipinski definition) is 1. The molecule has 1 aromatic heterocycles. The maximum Gasteiger partial charge on any atom is 0.138 e. The van der Waals surface area contributed by atoms with Crippen LogP contribution in [0.25, 0.3) is 0 Å². The predicted octanol–water partition coefficient (Wildman–Crippen LogP) is 2.15. The van der Waals surface area contributed by atoms with Crippen molar-refractivity contribution in [3.63, 3.8) is 0 Å². The molecule has 5 heteroatoms. The van der Waals surface area contributed by atoms with Gasteiger partial charge in [-0.2, -0.15) is 5.10 Å². The SMILES string of the molecule is CCCn1ncnc1CC(C)(O)c1ccc(OC)cc1. The minimum atomic E-state index is -0.981. The molecule has 0 saturated heterocycles. The second kappa shape index (κ2) is 6.05. The minimum Gasteiger partial charge on any atom is -0.497 e. The zero-order valence-electron chi connectivity index (χ0n) is 12.2. The Morgan fingerprint density at radius 3 is 2.60 bits per heavy atom. The largest absolute Gasteiger partial charge is 0.497 e. The molecule has 20 heavy (non-hydrogen) atoms. The number of aliphatic hydroxyl groups is 1. The lowest BCUT2D eigenvalue weighted by molar-refractivity contribution is 0.0542. The zero-order valence-corrected chi connectivity index (χ0v) is 12.2. The number of hydrogen-bond acceptors (Lipinski definition) is 4. The van der Waals surface area contributed by atoms with Gasteiger partial charge in [0.25, 0.3) is 0 Å². The molecule has 2 aromatic rings. The van der Waals surface area contributed by atoms with Gasteiger partial charge in [-0.3, -0.25) is 0 Å². The average Bonchev–Trinajstić information content (AvgIpc) is 2.86. The van der Waals surface area contributed by atoms with Crippen molar-refractivity contribution in [2.24, 2.45) is 0 Å². The van der Waals surface area contributed by atoms with E-state index in [1.54, 1.807) is 14.0 Å². The van der Waals surface area contributed by atoms with Crippen LogP contribution in [0.15, 0.2) is 30.6 Å². The van der Waals surface area contributed by atoms with Crippen LogP contribution in [-0.4, -0.2) is 27.0 Å². The Labute approximate surface area is 119 Å². The Morgan fingerprint density at radius 1 is 1.30 bits per heavy atom. The Balaban J connectivity index is 2.18. The maximum absolute atomic E-state index is 10.7. The quantitative estimate of drug-likeness (QED) is 0.877. The number of rotatable bonds is 6. The van der Waals surface area contributed by atoms with Gasteiger partial charge in [-0.15, -0.1) is 0 Å². The lowest BCUT2D eigenvalue weighted by Gasteiger charge is -2.23. The van der Waals surface area contributed by atoms with E-state index in [-0.39, 0.29) is 0 Å². The van der Waals surface area contributed by atoms with Gasteiger partial charge >= 0.3 is 0 Å².